The average molecular weight is 661 g/mol. The van der Waals surface area contributed by atoms with Gasteiger partial charge in [-0.15, -0.1) is 0 Å². The molecular weight excluding hydrogens is 621 g/mol. The van der Waals surface area contributed by atoms with Crippen molar-refractivity contribution in [1.82, 2.24) is 14.8 Å². The lowest BCUT2D eigenvalue weighted by Gasteiger charge is -2.23. The van der Waals surface area contributed by atoms with Crippen LogP contribution in [-0.2, 0) is 0 Å². The van der Waals surface area contributed by atoms with Crippen molar-refractivity contribution in [1.29, 1.82) is 0 Å². The maximum absolute atomic E-state index is 14.1. The quantitative estimate of drug-likeness (QED) is 0.142. The van der Waals surface area contributed by atoms with Crippen LogP contribution in [0.5, 0.6) is 17.2 Å². The zero-order chi connectivity index (χ0) is 34.1. The van der Waals surface area contributed by atoms with Gasteiger partial charge in [0.05, 0.1) is 28.8 Å². The maximum Gasteiger partial charge on any atom is 0.272 e. The van der Waals surface area contributed by atoms with Crippen molar-refractivity contribution in [3.8, 4) is 22.9 Å². The van der Waals surface area contributed by atoms with Crippen LogP contribution in [0, 0.1) is 24.6 Å². The summed E-state index contributed by atoms with van der Waals surface area (Å²) < 4.78 is 53.1. The van der Waals surface area contributed by atoms with Crippen molar-refractivity contribution in [3.05, 3.63) is 89.5 Å². The minimum absolute atomic E-state index is 0.104. The van der Waals surface area contributed by atoms with Crippen LogP contribution in [0.25, 0.3) is 16.6 Å². The second-order valence-electron chi connectivity index (χ2n) is 12.1. The predicted molar refractivity (Wildman–Crippen MR) is 180 cm³/mol. The number of nitrogens with two attached hydrogens (primary N) is 2. The smallest absolute Gasteiger partial charge is 0.272 e. The second kappa shape index (κ2) is 13.6. The number of benzene rings is 3. The van der Waals surface area contributed by atoms with E-state index in [0.717, 1.165) is 31.5 Å². The summed E-state index contributed by atoms with van der Waals surface area (Å²) >= 11 is 0. The summed E-state index contributed by atoms with van der Waals surface area (Å²) in [4.78, 5) is 19.0. The summed E-state index contributed by atoms with van der Waals surface area (Å²) in [5.41, 5.74) is 15.8. The first-order valence-corrected chi connectivity index (χ1v) is 16.1. The number of ketones is 1. The number of H-pyrrole nitrogens is 1. The van der Waals surface area contributed by atoms with E-state index in [1.54, 1.807) is 42.5 Å². The number of hydrogen-bond donors (Lipinski definition) is 3. The number of rotatable bonds is 9. The van der Waals surface area contributed by atoms with Crippen LogP contribution < -0.4 is 25.8 Å². The fourth-order valence-corrected chi connectivity index (χ4v) is 6.78. The van der Waals surface area contributed by atoms with Crippen LogP contribution in [0.15, 0.2) is 66.9 Å². The zero-order valence-electron chi connectivity index (χ0n) is 27.1. The summed E-state index contributed by atoms with van der Waals surface area (Å²) in [6, 6.07) is 16.7. The van der Waals surface area contributed by atoms with Gasteiger partial charge in [-0.2, -0.15) is 5.10 Å². The number of nitrogens with one attached hydrogen (secondary N) is 1. The highest BCUT2D eigenvalue weighted by Crippen LogP contribution is 2.43. The number of hydrogen-bond acceptors (Lipinski definition) is 7. The van der Waals surface area contributed by atoms with Gasteiger partial charge in [0.25, 0.3) is 6.43 Å². The third-order valence-corrected chi connectivity index (χ3v) is 8.95. The summed E-state index contributed by atoms with van der Waals surface area (Å²) in [6.45, 7) is 6.64. The number of anilines is 2. The standard InChI is InChI=1S/C34H33F3N6O3.C2H6/c1-18-8-23(46-30-5-3-2-4-25(30)35)6-7-28(18)43-34(39)24(14-40-43)33(44)27-11-19-12-31(45-17-32(36)37)29(13-26(19)41-27)42-15-20-9-22(38)10-21(20)16-42;1-2/h2-8,11-14,20-22,32,41H,9-10,15-17,38-39H2,1H3;1-2H3. The molecule has 12 heteroatoms. The molecular formula is C36H39F3N6O3. The molecule has 0 bridgehead atoms. The van der Waals surface area contributed by atoms with Gasteiger partial charge < -0.3 is 30.8 Å². The monoisotopic (exact) mass is 660 g/mol. The van der Waals surface area contributed by atoms with Gasteiger partial charge >= 0.3 is 0 Å². The molecule has 252 valence electrons. The highest BCUT2D eigenvalue weighted by Gasteiger charge is 2.40. The molecule has 3 aromatic carbocycles. The molecule has 1 aliphatic heterocycles. The third-order valence-electron chi connectivity index (χ3n) is 8.95. The lowest BCUT2D eigenvalue weighted by atomic mass is 10.0. The lowest BCUT2D eigenvalue weighted by Crippen LogP contribution is -2.25. The first kappa shape index (κ1) is 33.0. The number of aryl methyl sites for hydroxylation is 1. The Morgan fingerprint density at radius 1 is 1.02 bits per heavy atom. The number of aromatic amines is 1. The van der Waals surface area contributed by atoms with Gasteiger partial charge in [-0.25, -0.2) is 17.9 Å². The van der Waals surface area contributed by atoms with Crippen molar-refractivity contribution in [2.24, 2.45) is 17.6 Å². The van der Waals surface area contributed by atoms with E-state index in [4.69, 9.17) is 20.9 Å². The zero-order valence-corrected chi connectivity index (χ0v) is 27.1. The Labute approximate surface area is 276 Å². The number of halogens is 3. The Balaban J connectivity index is 0.00000197. The molecule has 1 saturated carbocycles. The molecule has 2 atom stereocenters. The molecule has 2 aliphatic rings. The summed E-state index contributed by atoms with van der Waals surface area (Å²) in [7, 11) is 0. The lowest BCUT2D eigenvalue weighted by molar-refractivity contribution is 0.0822. The Morgan fingerprint density at radius 3 is 2.44 bits per heavy atom. The summed E-state index contributed by atoms with van der Waals surface area (Å²) in [5.74, 6) is 1.07. The molecule has 1 aliphatic carbocycles. The topological polar surface area (TPSA) is 124 Å². The highest BCUT2D eigenvalue weighted by molar-refractivity contribution is 6.12. The van der Waals surface area contributed by atoms with E-state index < -0.39 is 18.8 Å². The van der Waals surface area contributed by atoms with Crippen molar-refractivity contribution in [3.63, 3.8) is 0 Å². The normalized spacial score (nSPS) is 18.6. The Bertz CT molecular complexity index is 1930. The molecule has 0 amide bonds. The molecule has 2 unspecified atom stereocenters. The Kier molecular flexibility index (Phi) is 9.36. The van der Waals surface area contributed by atoms with E-state index in [2.05, 4.69) is 15.0 Å². The maximum atomic E-state index is 14.1. The van der Waals surface area contributed by atoms with Gasteiger partial charge in [-0.05, 0) is 85.7 Å². The molecule has 0 spiro atoms. The Hall–Kier alpha value is -4.97. The SMILES string of the molecule is CC.Cc1cc(Oc2ccccc2F)ccc1-n1ncc(C(=O)c2cc3cc(OCC(F)F)c(N4CC5CC(N)CC5C4)cc3[nH]2)c1N. The molecule has 1 saturated heterocycles. The average Bonchev–Trinajstić information content (AvgIpc) is 3.84. The number of carbonyl (C=O) groups excluding carboxylic acids is 1. The van der Waals surface area contributed by atoms with E-state index in [-0.39, 0.29) is 34.6 Å². The predicted octanol–water partition coefficient (Wildman–Crippen LogP) is 7.25. The fourth-order valence-electron chi connectivity index (χ4n) is 6.78. The van der Waals surface area contributed by atoms with Crippen LogP contribution in [0.1, 0.15) is 48.3 Å². The van der Waals surface area contributed by atoms with Gasteiger partial charge in [-0.1, -0.05) is 26.0 Å². The number of fused-ring (bicyclic) bond motifs is 2. The molecule has 7 rings (SSSR count). The molecule has 9 nitrogen and oxygen atoms in total. The summed E-state index contributed by atoms with van der Waals surface area (Å²) in [6.07, 6.45) is 0.667. The van der Waals surface area contributed by atoms with E-state index in [1.165, 1.54) is 23.0 Å². The number of nitrogen functional groups attached to an aromatic ring is 1. The molecule has 5 N–H and O–H groups in total. The van der Waals surface area contributed by atoms with Crippen LogP contribution in [0.2, 0.25) is 0 Å². The number of ether oxygens (including phenoxy) is 2. The van der Waals surface area contributed by atoms with Gasteiger partial charge in [0.2, 0.25) is 5.78 Å². The number of nitrogens with zero attached hydrogens (tertiary/aromatic N) is 3. The molecule has 0 radical (unpaired) electrons. The highest BCUT2D eigenvalue weighted by atomic mass is 19.3. The summed E-state index contributed by atoms with van der Waals surface area (Å²) in [5, 5.41) is 5.02. The van der Waals surface area contributed by atoms with E-state index >= 15 is 0 Å². The minimum Gasteiger partial charge on any atom is -0.485 e. The second-order valence-corrected chi connectivity index (χ2v) is 12.1. The fraction of sp³-hybridized carbons (Fsp3) is 0.333. The molecule has 3 heterocycles. The Morgan fingerprint density at radius 2 is 1.75 bits per heavy atom. The first-order chi connectivity index (χ1) is 23.1. The van der Waals surface area contributed by atoms with Gasteiger partial charge in [-0.3, -0.25) is 4.79 Å². The van der Waals surface area contributed by atoms with Gasteiger partial charge in [0.1, 0.15) is 23.9 Å². The molecule has 5 aromatic rings. The van der Waals surface area contributed by atoms with Crippen LogP contribution in [-0.4, -0.2) is 52.7 Å². The van der Waals surface area contributed by atoms with Crippen molar-refractivity contribution in [2.75, 3.05) is 30.3 Å². The van der Waals surface area contributed by atoms with Crippen molar-refractivity contribution in [2.45, 2.75) is 46.1 Å². The molecule has 48 heavy (non-hydrogen) atoms. The number of para-hydroxylation sites is 1. The number of alkyl halides is 2. The molecule has 2 aromatic heterocycles. The minimum atomic E-state index is -2.62. The largest absolute Gasteiger partial charge is 0.485 e. The van der Waals surface area contributed by atoms with Crippen LogP contribution in [0.3, 0.4) is 0 Å². The number of carbonyl (C=O) groups is 1. The third kappa shape index (κ3) is 6.44. The van der Waals surface area contributed by atoms with E-state index in [0.29, 0.717) is 45.6 Å². The van der Waals surface area contributed by atoms with Crippen LogP contribution >= 0.6 is 0 Å². The van der Waals surface area contributed by atoms with Crippen molar-refractivity contribution < 1.29 is 27.4 Å². The van der Waals surface area contributed by atoms with Gasteiger partial charge in [0, 0.05) is 30.0 Å². The first-order valence-electron chi connectivity index (χ1n) is 16.1. The molecule has 2 fully saturated rings. The van der Waals surface area contributed by atoms with E-state index in [1.807, 2.05) is 26.8 Å². The van der Waals surface area contributed by atoms with E-state index in [9.17, 15) is 18.0 Å². The van der Waals surface area contributed by atoms with Crippen molar-refractivity contribution >= 4 is 28.2 Å². The number of aromatic nitrogens is 3. The van der Waals surface area contributed by atoms with Gasteiger partial charge in [0.15, 0.2) is 11.6 Å². The van der Waals surface area contributed by atoms with Crippen LogP contribution in [0.4, 0.5) is 24.7 Å².